The predicted octanol–water partition coefficient (Wildman–Crippen LogP) is 36.6. The molecule has 16 nitrogen and oxygen atoms in total. The Balaban J connectivity index is 0.0000160. The van der Waals surface area contributed by atoms with Gasteiger partial charge in [0.1, 0.15) is 51.7 Å². The van der Waals surface area contributed by atoms with Crippen molar-refractivity contribution in [3.8, 4) is 132 Å². The van der Waals surface area contributed by atoms with E-state index in [-0.39, 0.29) is 122 Å². The van der Waals surface area contributed by atoms with E-state index < -0.39 is 0 Å². The van der Waals surface area contributed by atoms with E-state index in [1.165, 1.54) is 0 Å². The molecule has 146 heavy (non-hydrogen) atoms. The van der Waals surface area contributed by atoms with Crippen molar-refractivity contribution in [1.82, 2.24) is 39.9 Å². The van der Waals surface area contributed by atoms with E-state index >= 15 is 0 Å². The number of unbranched alkanes of at least 4 members (excludes halogenated alkanes) is 3. The Labute approximate surface area is 886 Å². The predicted molar refractivity (Wildman–Crippen MR) is 602 cm³/mol. The summed E-state index contributed by atoms with van der Waals surface area (Å²) in [6.07, 6.45) is 4.24. The van der Waals surface area contributed by atoms with Crippen molar-refractivity contribution in [2.24, 2.45) is 0 Å². The SMILES string of the molecule is CC(C)(C)c1cc(Oc2cc3c(cc2Oc2cc(C(C)(C)C)cc(C(C)(C)C)c2)-c2nc-3nc3[n-]c(nc4nc(nc5[n-]c(n2)c2cc(Oc6cc(C(C)(C)C)cc(C(C)(C)C)c6)c(Oc6cc(C(C)(C)C)cc(C(C)(C)C)c6)cc52)-c2cc(Oc5cccc(OCCCCCCBr)c5)ccc2-4)c2cc(Oc4cc(C(C)(C)C)cc(C(C)(C)C)c4)c(Oc4cc(C(C)(C)C)cc(C(C)(C)C)c4)cc32)cc(C(C)(C)C)c1.[Ni+2]. The molecule has 0 amide bonds. The third-order valence-corrected chi connectivity index (χ3v) is 28.0. The fourth-order valence-corrected chi connectivity index (χ4v) is 18.0. The van der Waals surface area contributed by atoms with Crippen LogP contribution in [0.15, 0.2) is 188 Å². The molecule has 768 valence electrons. The number of aromatic nitrogens is 8. The van der Waals surface area contributed by atoms with Gasteiger partial charge in [0.05, 0.1) is 29.9 Å². The summed E-state index contributed by atoms with van der Waals surface area (Å²) in [7, 11) is 0. The van der Waals surface area contributed by atoms with Crippen LogP contribution in [-0.2, 0) is 81.5 Å². The van der Waals surface area contributed by atoms with Gasteiger partial charge in [0.15, 0.2) is 34.5 Å². The van der Waals surface area contributed by atoms with E-state index in [4.69, 9.17) is 77.8 Å². The third-order valence-electron chi connectivity index (χ3n) is 27.4. The quantitative estimate of drug-likeness (QED) is 0.0376. The Morgan fingerprint density at radius 3 is 0.671 bits per heavy atom. The molecule has 2 aliphatic heterocycles. The standard InChI is InChI=1S/C128H151BrN8O8.Ni/c1-117(2,3)74-48-75(118(4,5)6)55-89(54-74)140-103-68-97-98(69-104(103)141-90-56-76(119(7,8)9)49-77(57-90)120(10,11)12)113-133-111(97)131-109-95-45-44-88(139-87-43-41-42-86(66-87)138-47-40-38-37-39-46-129)67-96(95)110(130-109)132-112-99-70-105(142-91-58-78(121(13,14)15)50-79(59-91)122(16,17)18)106(143-92-60-80(123(19,20)21)51-81(61-92)124(22,23)24)71-100(99)114(134-112)136-116-102-73-108(145-94-64-84(127(31,32)33)53-85(65-94)128(34,35)36)107(72-101(102)115(135-113)137-116)144-93-62-82(125(25,26)27)52-83(63-93)126(28,29)30;/h41-45,48-73H,37-40,46-47H2,1-36H3;/q-2;+2. The zero-order valence-electron chi connectivity index (χ0n) is 93.2. The summed E-state index contributed by atoms with van der Waals surface area (Å²) in [6, 6.07) is 65.1. The first-order valence-electron chi connectivity index (χ1n) is 51.6. The topological polar surface area (TPSA) is 179 Å². The minimum Gasteiger partial charge on any atom is -0.493 e. The van der Waals surface area contributed by atoms with Crippen molar-refractivity contribution < 1.29 is 54.4 Å². The second-order valence-corrected chi connectivity index (χ2v) is 53.1. The monoisotopic (exact) mass is 2070 g/mol. The average molecular weight is 2070 g/mol. The van der Waals surface area contributed by atoms with Gasteiger partial charge in [0.2, 0.25) is 0 Å². The number of fused-ring (bicyclic) bond motifs is 20. The van der Waals surface area contributed by atoms with Crippen LogP contribution in [-0.4, -0.2) is 41.8 Å². The van der Waals surface area contributed by atoms with E-state index in [2.05, 4.69) is 374 Å². The molecule has 16 rings (SSSR count). The molecule has 0 saturated carbocycles. The second kappa shape index (κ2) is 39.7. The zero-order chi connectivity index (χ0) is 105. The van der Waals surface area contributed by atoms with Crippen molar-refractivity contribution in [2.45, 2.75) is 340 Å². The smallest absolute Gasteiger partial charge is 0.493 e. The fraction of sp³-hybridized carbons (Fsp3) is 0.422. The summed E-state index contributed by atoms with van der Waals surface area (Å²) in [5, 5.41) is 3.25. The minimum absolute atomic E-state index is 0. The summed E-state index contributed by atoms with van der Waals surface area (Å²) in [4.78, 5) is 46.0. The maximum Gasteiger partial charge on any atom is 2.00 e. The molecule has 0 saturated heterocycles. The van der Waals surface area contributed by atoms with Crippen molar-refractivity contribution >= 4 is 60.1 Å². The molecule has 0 N–H and O–H groups in total. The van der Waals surface area contributed by atoms with Gasteiger partial charge in [-0.05, 0) is 306 Å². The van der Waals surface area contributed by atoms with Gasteiger partial charge >= 0.3 is 16.5 Å². The van der Waals surface area contributed by atoms with Gasteiger partial charge in [-0.15, -0.1) is 0 Å². The number of ether oxygens (including phenoxy) is 8. The number of hydrogen-bond acceptors (Lipinski definition) is 14. The Hall–Kier alpha value is -11.8. The largest absolute Gasteiger partial charge is 2.00 e. The van der Waals surface area contributed by atoms with Crippen molar-refractivity contribution in [3.63, 3.8) is 0 Å². The molecule has 5 heterocycles. The molecular weight excluding hydrogens is 1920 g/mol. The molecule has 2 aliphatic rings. The Morgan fingerprint density at radius 2 is 0.425 bits per heavy atom. The molecule has 3 aromatic heterocycles. The van der Waals surface area contributed by atoms with Gasteiger partial charge < -0.3 is 67.8 Å². The molecule has 0 spiro atoms. The Kier molecular flexibility index (Phi) is 29.4. The molecule has 0 atom stereocenters. The number of halogens is 1. The van der Waals surface area contributed by atoms with Crippen LogP contribution in [0.5, 0.6) is 86.2 Å². The summed E-state index contributed by atoms with van der Waals surface area (Å²) >= 11 is 3.60. The van der Waals surface area contributed by atoms with Crippen LogP contribution in [0.4, 0.5) is 0 Å². The first-order valence-corrected chi connectivity index (χ1v) is 52.7. The summed E-state index contributed by atoms with van der Waals surface area (Å²) in [5.41, 5.74) is 13.5. The normalized spacial score (nSPS) is 13.1. The van der Waals surface area contributed by atoms with E-state index in [1.54, 1.807) is 0 Å². The van der Waals surface area contributed by atoms with Crippen LogP contribution in [0.1, 0.15) is 342 Å². The van der Waals surface area contributed by atoms with Gasteiger partial charge in [-0.25, -0.2) is 9.97 Å². The van der Waals surface area contributed by atoms with E-state index in [0.717, 1.165) is 97.8 Å². The van der Waals surface area contributed by atoms with E-state index in [9.17, 15) is 0 Å². The number of hydrogen-bond donors (Lipinski definition) is 0. The number of benzene rings is 11. The van der Waals surface area contributed by atoms with Crippen LogP contribution < -0.4 is 47.9 Å². The number of nitrogens with zero attached hydrogens (tertiary/aromatic N) is 8. The van der Waals surface area contributed by atoms with Gasteiger partial charge in [-0.1, -0.05) is 320 Å². The summed E-state index contributed by atoms with van der Waals surface area (Å²) < 4.78 is 58.8. The van der Waals surface area contributed by atoms with Crippen LogP contribution in [0.3, 0.4) is 0 Å². The molecule has 0 aliphatic carbocycles. The zero-order valence-corrected chi connectivity index (χ0v) is 95.8. The molecule has 14 aromatic rings. The number of rotatable bonds is 21. The fourth-order valence-electron chi connectivity index (χ4n) is 17.6. The van der Waals surface area contributed by atoms with Crippen LogP contribution in [0.2, 0.25) is 0 Å². The Morgan fingerprint density at radius 1 is 0.205 bits per heavy atom. The van der Waals surface area contributed by atoms with Gasteiger partial charge in [-0.3, -0.25) is 0 Å². The molecule has 0 radical (unpaired) electrons. The van der Waals surface area contributed by atoms with Crippen LogP contribution >= 0.6 is 15.9 Å². The van der Waals surface area contributed by atoms with Gasteiger partial charge in [-0.2, -0.15) is 0 Å². The van der Waals surface area contributed by atoms with Crippen LogP contribution in [0, 0.1) is 0 Å². The van der Waals surface area contributed by atoms with E-state index in [1.807, 2.05) is 78.9 Å². The molecule has 8 bridgehead atoms. The summed E-state index contributed by atoms with van der Waals surface area (Å²) in [6.45, 7) is 81.0. The second-order valence-electron chi connectivity index (χ2n) is 52.3. The Bertz CT molecular complexity index is 7330. The minimum atomic E-state index is -0.274. The molecule has 0 unspecified atom stereocenters. The first kappa shape index (κ1) is 108. The molecular formula is C128H151BrN8NiO8. The van der Waals surface area contributed by atoms with Crippen LogP contribution in [0.25, 0.3) is 89.7 Å². The van der Waals surface area contributed by atoms with Crippen molar-refractivity contribution in [3.05, 3.63) is 255 Å². The summed E-state index contributed by atoms with van der Waals surface area (Å²) in [5.74, 6) is 9.01. The number of alkyl halides is 1. The van der Waals surface area contributed by atoms with Crippen molar-refractivity contribution in [1.29, 1.82) is 0 Å². The van der Waals surface area contributed by atoms with Gasteiger partial charge in [0, 0.05) is 56.2 Å². The maximum absolute atomic E-state index is 7.60. The van der Waals surface area contributed by atoms with E-state index in [0.29, 0.717) is 142 Å². The van der Waals surface area contributed by atoms with Gasteiger partial charge in [0.25, 0.3) is 0 Å². The average Bonchev–Trinajstić information content (AvgIpc) is 1.58. The maximum atomic E-state index is 7.60. The van der Waals surface area contributed by atoms with Crippen molar-refractivity contribution in [2.75, 3.05) is 11.9 Å². The first-order chi connectivity index (χ1) is 67.2. The third kappa shape index (κ3) is 24.7. The molecule has 0 fully saturated rings. The molecule has 11 aromatic carbocycles. The molecule has 18 heteroatoms.